The van der Waals surface area contributed by atoms with Crippen molar-refractivity contribution in [1.82, 2.24) is 4.90 Å². The van der Waals surface area contributed by atoms with Crippen LogP contribution >= 0.6 is 36.2 Å². The molecule has 0 unspecified atom stereocenters. The van der Waals surface area contributed by atoms with Gasteiger partial charge in [-0.3, -0.25) is 9.69 Å². The first-order valence-corrected chi connectivity index (χ1v) is 6.81. The molecule has 3 nitrogen and oxygen atoms in total. The van der Waals surface area contributed by atoms with Crippen LogP contribution in [0.4, 0.5) is 0 Å². The molecule has 3 atom stereocenters. The molecule has 2 saturated heterocycles. The number of aliphatic carboxylic acids is 1. The monoisotopic (exact) mass is 237 g/mol. The largest absolute Gasteiger partial charge is 0.480 e. The summed E-state index contributed by atoms with van der Waals surface area (Å²) in [6.45, 7) is 0. The van der Waals surface area contributed by atoms with E-state index in [0.717, 1.165) is 17.3 Å². The highest BCUT2D eigenvalue weighted by atomic mass is 32.2. The van der Waals surface area contributed by atoms with Gasteiger partial charge in [-0.05, 0) is 0 Å². The van der Waals surface area contributed by atoms with Gasteiger partial charge < -0.3 is 5.11 Å². The van der Waals surface area contributed by atoms with Crippen LogP contribution < -0.4 is 0 Å². The van der Waals surface area contributed by atoms with Gasteiger partial charge in [0.2, 0.25) is 0 Å². The first kappa shape index (κ1) is 10.0. The van der Waals surface area contributed by atoms with E-state index in [-0.39, 0.29) is 6.04 Å². The maximum absolute atomic E-state index is 10.9. The van der Waals surface area contributed by atoms with Crippen molar-refractivity contribution in [2.45, 2.75) is 16.8 Å². The zero-order chi connectivity index (χ0) is 9.42. The quantitative estimate of drug-likeness (QED) is 0.696. The molecule has 0 aromatic carbocycles. The minimum absolute atomic E-state index is 0.290. The number of hydrogen-bond acceptors (Lipinski definition) is 5. The summed E-state index contributed by atoms with van der Waals surface area (Å²) in [5, 5.41) is 9.69. The summed E-state index contributed by atoms with van der Waals surface area (Å²) in [4.78, 5) is 13.0. The normalized spacial score (nSPS) is 39.3. The highest BCUT2D eigenvalue weighted by Crippen LogP contribution is 2.42. The summed E-state index contributed by atoms with van der Waals surface area (Å²) in [5.41, 5.74) is 0. The highest BCUT2D eigenvalue weighted by Gasteiger charge is 2.46. The van der Waals surface area contributed by atoms with E-state index < -0.39 is 5.97 Å². The second-order valence-electron chi connectivity index (χ2n) is 3.06. The third kappa shape index (κ3) is 1.69. The average Bonchev–Trinajstić information content (AvgIpc) is 2.61. The Bertz CT molecular complexity index is 226. The van der Waals surface area contributed by atoms with E-state index in [9.17, 15) is 4.79 Å². The number of carboxylic acid groups (broad SMARTS) is 1. The molecule has 2 heterocycles. The average molecular weight is 237 g/mol. The molecule has 0 aromatic rings. The van der Waals surface area contributed by atoms with Crippen molar-refractivity contribution in [2.24, 2.45) is 0 Å². The lowest BCUT2D eigenvalue weighted by Crippen LogP contribution is -2.43. The zero-order valence-electron chi connectivity index (χ0n) is 6.92. The number of fused-ring (bicyclic) bond motifs is 1. The van der Waals surface area contributed by atoms with Crippen LogP contribution in [0.25, 0.3) is 0 Å². The van der Waals surface area contributed by atoms with Crippen LogP contribution in [0.5, 0.6) is 0 Å². The SMILES string of the molecule is O=C(O)[C@H]1CS[C@@H]2CS[C@@H](CS)N12. The van der Waals surface area contributed by atoms with Gasteiger partial charge in [0, 0.05) is 17.3 Å². The molecule has 0 radical (unpaired) electrons. The van der Waals surface area contributed by atoms with E-state index in [1.165, 1.54) is 0 Å². The highest BCUT2D eigenvalue weighted by molar-refractivity contribution is 8.05. The van der Waals surface area contributed by atoms with E-state index >= 15 is 0 Å². The Kier molecular flexibility index (Phi) is 3.02. The second kappa shape index (κ2) is 3.92. The number of thiol groups is 1. The smallest absolute Gasteiger partial charge is 0.321 e. The third-order valence-electron chi connectivity index (χ3n) is 2.34. The maximum atomic E-state index is 10.9. The Balaban J connectivity index is 2.12. The third-order valence-corrected chi connectivity index (χ3v) is 5.75. The molecule has 0 saturated carbocycles. The van der Waals surface area contributed by atoms with Crippen molar-refractivity contribution in [1.29, 1.82) is 0 Å². The Morgan fingerprint density at radius 2 is 2.31 bits per heavy atom. The summed E-state index contributed by atoms with van der Waals surface area (Å²) in [6, 6.07) is -0.290. The van der Waals surface area contributed by atoms with Crippen LogP contribution in [0.3, 0.4) is 0 Å². The second-order valence-corrected chi connectivity index (χ2v) is 5.85. The van der Waals surface area contributed by atoms with Gasteiger partial charge in [-0.1, -0.05) is 0 Å². The Morgan fingerprint density at radius 1 is 1.54 bits per heavy atom. The molecule has 0 aliphatic carbocycles. The van der Waals surface area contributed by atoms with E-state index in [1.807, 2.05) is 11.8 Å². The van der Waals surface area contributed by atoms with Gasteiger partial charge in [-0.25, -0.2) is 0 Å². The van der Waals surface area contributed by atoms with Crippen molar-refractivity contribution in [3.8, 4) is 0 Å². The number of rotatable bonds is 2. The van der Waals surface area contributed by atoms with Crippen LogP contribution in [-0.4, -0.2) is 50.0 Å². The fourth-order valence-electron chi connectivity index (χ4n) is 1.72. The first-order valence-electron chi connectivity index (χ1n) is 4.08. The lowest BCUT2D eigenvalue weighted by molar-refractivity contribution is -0.142. The molecule has 2 rings (SSSR count). The predicted molar refractivity (Wildman–Crippen MR) is 59.6 cm³/mol. The van der Waals surface area contributed by atoms with Crippen molar-refractivity contribution in [3.63, 3.8) is 0 Å². The number of thioether (sulfide) groups is 2. The summed E-state index contributed by atoms with van der Waals surface area (Å²) < 4.78 is 0. The van der Waals surface area contributed by atoms with E-state index in [1.54, 1.807) is 11.8 Å². The van der Waals surface area contributed by atoms with Crippen LogP contribution in [0.1, 0.15) is 0 Å². The number of carbonyl (C=O) groups is 1. The summed E-state index contributed by atoms with van der Waals surface area (Å²) in [5.74, 6) is 1.82. The Morgan fingerprint density at radius 3 is 2.92 bits per heavy atom. The van der Waals surface area contributed by atoms with Gasteiger partial charge >= 0.3 is 5.97 Å². The molecule has 0 amide bonds. The molecular weight excluding hydrogens is 226 g/mol. The number of hydrogen-bond donors (Lipinski definition) is 2. The van der Waals surface area contributed by atoms with Crippen molar-refractivity contribution in [3.05, 3.63) is 0 Å². The fraction of sp³-hybridized carbons (Fsp3) is 0.857. The molecule has 0 bridgehead atoms. The van der Waals surface area contributed by atoms with Crippen LogP contribution in [0.15, 0.2) is 0 Å². The van der Waals surface area contributed by atoms with Crippen molar-refractivity contribution in [2.75, 3.05) is 17.3 Å². The molecule has 2 fully saturated rings. The first-order chi connectivity index (χ1) is 6.24. The molecule has 2 aliphatic rings. The Hall–Kier alpha value is 0.480. The molecule has 13 heavy (non-hydrogen) atoms. The summed E-state index contributed by atoms with van der Waals surface area (Å²) >= 11 is 7.82. The van der Waals surface area contributed by atoms with Crippen LogP contribution in [-0.2, 0) is 4.79 Å². The van der Waals surface area contributed by atoms with E-state index in [4.69, 9.17) is 5.11 Å². The number of nitrogens with zero attached hydrogens (tertiary/aromatic N) is 1. The topological polar surface area (TPSA) is 40.5 Å². The molecule has 0 aromatic heterocycles. The summed E-state index contributed by atoms with van der Waals surface area (Å²) in [7, 11) is 0. The standard InChI is InChI=1S/C7H11NO2S3/c9-7(10)4-2-12-6-3-13-5(1-11)8(4)6/h4-6,11H,1-3H2,(H,9,10)/t4-,5+,6-/m1/s1. The van der Waals surface area contributed by atoms with Gasteiger partial charge in [0.25, 0.3) is 0 Å². The molecule has 0 spiro atoms. The predicted octanol–water partition coefficient (Wildman–Crippen LogP) is 0.817. The molecule has 1 N–H and O–H groups in total. The molecule has 6 heteroatoms. The van der Waals surface area contributed by atoms with Gasteiger partial charge in [0.15, 0.2) is 0 Å². The maximum Gasteiger partial charge on any atom is 0.321 e. The van der Waals surface area contributed by atoms with Gasteiger partial charge in [-0.15, -0.1) is 23.5 Å². The summed E-state index contributed by atoms with van der Waals surface area (Å²) in [6.07, 6.45) is 0. The Labute approximate surface area is 91.0 Å². The lowest BCUT2D eigenvalue weighted by atomic mass is 10.3. The van der Waals surface area contributed by atoms with E-state index in [0.29, 0.717) is 10.7 Å². The fourth-order valence-corrected chi connectivity index (χ4v) is 5.24. The molecule has 74 valence electrons. The van der Waals surface area contributed by atoms with Gasteiger partial charge in [0.05, 0.1) is 10.7 Å². The minimum atomic E-state index is -0.690. The molecule has 2 aliphatic heterocycles. The van der Waals surface area contributed by atoms with Gasteiger partial charge in [0.1, 0.15) is 6.04 Å². The van der Waals surface area contributed by atoms with Gasteiger partial charge in [-0.2, -0.15) is 12.6 Å². The molecular formula is C7H11NO2S3. The minimum Gasteiger partial charge on any atom is -0.480 e. The van der Waals surface area contributed by atoms with Crippen molar-refractivity contribution < 1.29 is 9.90 Å². The van der Waals surface area contributed by atoms with E-state index in [2.05, 4.69) is 17.5 Å². The van der Waals surface area contributed by atoms with Crippen LogP contribution in [0, 0.1) is 0 Å². The zero-order valence-corrected chi connectivity index (χ0v) is 9.45. The van der Waals surface area contributed by atoms with Crippen molar-refractivity contribution >= 4 is 42.1 Å². The number of carboxylic acids is 1. The van der Waals surface area contributed by atoms with Crippen LogP contribution in [0.2, 0.25) is 0 Å². The lowest BCUT2D eigenvalue weighted by Gasteiger charge is -2.24.